The van der Waals surface area contributed by atoms with Crippen LogP contribution < -0.4 is 0 Å². The molecule has 0 aliphatic carbocycles. The number of nitrogens with one attached hydrogen (secondary N) is 1. The number of ketones is 1. The van der Waals surface area contributed by atoms with Crippen LogP contribution in [-0.4, -0.2) is 43.9 Å². The summed E-state index contributed by atoms with van der Waals surface area (Å²) in [7, 11) is 1.32. The summed E-state index contributed by atoms with van der Waals surface area (Å²) in [6.45, 7) is 5.30. The minimum Gasteiger partial charge on any atom is -0.465 e. The number of Topliss-reactive ketones (excluding diaryl/α,β-unsaturated/α-hetero) is 1. The number of benzene rings is 1. The van der Waals surface area contributed by atoms with Crippen molar-refractivity contribution in [1.29, 1.82) is 0 Å². The van der Waals surface area contributed by atoms with E-state index >= 15 is 0 Å². The lowest BCUT2D eigenvalue weighted by Crippen LogP contribution is -2.16. The summed E-state index contributed by atoms with van der Waals surface area (Å²) in [5.41, 5.74) is 2.96. The van der Waals surface area contributed by atoms with Crippen molar-refractivity contribution in [3.8, 4) is 5.69 Å². The van der Waals surface area contributed by atoms with Gasteiger partial charge >= 0.3 is 5.97 Å². The maximum Gasteiger partial charge on any atom is 0.339 e. The van der Waals surface area contributed by atoms with E-state index in [0.717, 1.165) is 5.69 Å². The van der Waals surface area contributed by atoms with Crippen molar-refractivity contribution in [3.05, 3.63) is 59.2 Å². The lowest BCUT2D eigenvalue weighted by atomic mass is 10.1. The van der Waals surface area contributed by atoms with Crippen molar-refractivity contribution < 1.29 is 14.3 Å². The molecule has 1 atom stereocenters. The van der Waals surface area contributed by atoms with E-state index in [9.17, 15) is 9.59 Å². The second-order valence-corrected chi connectivity index (χ2v) is 7.37. The van der Waals surface area contributed by atoms with E-state index in [4.69, 9.17) is 4.74 Å². The van der Waals surface area contributed by atoms with Gasteiger partial charge in [0.25, 0.3) is 0 Å². The lowest BCUT2D eigenvalue weighted by molar-refractivity contribution is 0.0599. The number of hydrogen-bond acceptors (Lipinski definition) is 6. The second-order valence-electron chi connectivity index (χ2n) is 6.06. The largest absolute Gasteiger partial charge is 0.465 e. The van der Waals surface area contributed by atoms with Crippen LogP contribution in [0.2, 0.25) is 0 Å². The molecule has 0 saturated heterocycles. The van der Waals surface area contributed by atoms with Crippen LogP contribution in [0.1, 0.15) is 39.0 Å². The fourth-order valence-corrected chi connectivity index (χ4v) is 3.79. The summed E-state index contributed by atoms with van der Waals surface area (Å²) in [5.74, 6) is -0.567. The Labute approximate surface area is 161 Å². The SMILES string of the molecule is COC(=O)c1c(C)[nH]c(C(=O)[C@H](C)Sc2nncn2-c2ccccc2)c1C. The zero-order chi connectivity index (χ0) is 19.6. The highest BCUT2D eigenvalue weighted by atomic mass is 32.2. The third-order valence-corrected chi connectivity index (χ3v) is 5.33. The smallest absolute Gasteiger partial charge is 0.339 e. The highest BCUT2D eigenvalue weighted by Crippen LogP contribution is 2.28. The van der Waals surface area contributed by atoms with Gasteiger partial charge in [-0.2, -0.15) is 0 Å². The number of esters is 1. The van der Waals surface area contributed by atoms with E-state index in [-0.39, 0.29) is 5.78 Å². The molecular formula is C19H20N4O3S. The second kappa shape index (κ2) is 7.79. The average molecular weight is 384 g/mol. The topological polar surface area (TPSA) is 89.9 Å². The van der Waals surface area contributed by atoms with E-state index in [1.165, 1.54) is 18.9 Å². The first-order valence-electron chi connectivity index (χ1n) is 8.37. The molecule has 0 fully saturated rings. The highest BCUT2D eigenvalue weighted by molar-refractivity contribution is 8.00. The molecule has 0 saturated carbocycles. The molecule has 1 N–H and O–H groups in total. The van der Waals surface area contributed by atoms with E-state index in [0.29, 0.717) is 27.7 Å². The first-order valence-corrected chi connectivity index (χ1v) is 9.25. The minimum atomic E-state index is -0.454. The number of aromatic nitrogens is 4. The van der Waals surface area contributed by atoms with Gasteiger partial charge < -0.3 is 9.72 Å². The van der Waals surface area contributed by atoms with Crippen molar-refractivity contribution in [2.24, 2.45) is 0 Å². The number of aryl methyl sites for hydroxylation is 1. The molecule has 2 heterocycles. The number of ether oxygens (including phenoxy) is 1. The molecule has 0 radical (unpaired) electrons. The quantitative estimate of drug-likeness (QED) is 0.398. The van der Waals surface area contributed by atoms with Gasteiger partial charge in [-0.15, -0.1) is 10.2 Å². The average Bonchev–Trinajstić information content (AvgIpc) is 3.25. The Kier molecular flexibility index (Phi) is 5.46. The van der Waals surface area contributed by atoms with Crippen LogP contribution in [0.15, 0.2) is 41.8 Å². The summed E-state index contributed by atoms with van der Waals surface area (Å²) in [4.78, 5) is 27.9. The Morgan fingerprint density at radius 3 is 2.59 bits per heavy atom. The van der Waals surface area contributed by atoms with Gasteiger partial charge in [0, 0.05) is 11.4 Å². The molecule has 2 aromatic heterocycles. The Bertz CT molecular complexity index is 978. The van der Waals surface area contributed by atoms with Crippen LogP contribution in [0.25, 0.3) is 5.69 Å². The van der Waals surface area contributed by atoms with Gasteiger partial charge in [-0.3, -0.25) is 9.36 Å². The van der Waals surface area contributed by atoms with E-state index in [1.807, 2.05) is 41.8 Å². The number of rotatable bonds is 6. The zero-order valence-corrected chi connectivity index (χ0v) is 16.3. The molecule has 0 aliphatic rings. The van der Waals surface area contributed by atoms with Crippen molar-refractivity contribution in [1.82, 2.24) is 19.7 Å². The Morgan fingerprint density at radius 2 is 1.93 bits per heavy atom. The number of carbonyl (C=O) groups excluding carboxylic acids is 2. The molecule has 0 amide bonds. The van der Waals surface area contributed by atoms with Crippen LogP contribution in [0.5, 0.6) is 0 Å². The van der Waals surface area contributed by atoms with Gasteiger partial charge in [-0.25, -0.2) is 4.79 Å². The van der Waals surface area contributed by atoms with Gasteiger partial charge in [-0.1, -0.05) is 30.0 Å². The van der Waals surface area contributed by atoms with Crippen molar-refractivity contribution >= 4 is 23.5 Å². The van der Waals surface area contributed by atoms with Crippen LogP contribution in [0.4, 0.5) is 0 Å². The monoisotopic (exact) mass is 384 g/mol. The number of H-pyrrole nitrogens is 1. The van der Waals surface area contributed by atoms with Crippen molar-refractivity contribution in [2.75, 3.05) is 7.11 Å². The Hall–Kier alpha value is -2.87. The predicted molar refractivity (Wildman–Crippen MR) is 103 cm³/mol. The van der Waals surface area contributed by atoms with Crippen LogP contribution >= 0.6 is 11.8 Å². The first-order chi connectivity index (χ1) is 12.9. The van der Waals surface area contributed by atoms with Gasteiger partial charge in [0.2, 0.25) is 0 Å². The zero-order valence-electron chi connectivity index (χ0n) is 15.5. The number of nitrogens with zero attached hydrogens (tertiary/aromatic N) is 3. The third-order valence-electron chi connectivity index (χ3n) is 4.28. The summed E-state index contributed by atoms with van der Waals surface area (Å²) < 4.78 is 6.64. The Morgan fingerprint density at radius 1 is 1.22 bits per heavy atom. The Balaban J connectivity index is 1.84. The molecular weight excluding hydrogens is 364 g/mol. The van der Waals surface area contributed by atoms with Crippen molar-refractivity contribution in [3.63, 3.8) is 0 Å². The summed E-state index contributed by atoms with van der Waals surface area (Å²) in [6, 6.07) is 9.68. The normalized spacial score (nSPS) is 12.0. The number of hydrogen-bond donors (Lipinski definition) is 1. The molecule has 140 valence electrons. The molecule has 0 spiro atoms. The summed E-state index contributed by atoms with van der Waals surface area (Å²) in [6.07, 6.45) is 1.62. The molecule has 0 aliphatic heterocycles. The molecule has 0 unspecified atom stereocenters. The third kappa shape index (κ3) is 3.66. The fraction of sp³-hybridized carbons (Fsp3) is 0.263. The standard InChI is InChI=1S/C19H20N4O3S/c1-11-15(18(25)26-4)12(2)21-16(11)17(24)13(3)27-19-22-20-10-23(19)14-8-6-5-7-9-14/h5-10,13,21H,1-4H3/t13-/m0/s1. The fourth-order valence-electron chi connectivity index (χ4n) is 2.89. The predicted octanol–water partition coefficient (Wildman–Crippen LogP) is 3.36. The number of aromatic amines is 1. The maximum absolute atomic E-state index is 13.0. The van der Waals surface area contributed by atoms with E-state index in [1.54, 1.807) is 20.2 Å². The van der Waals surface area contributed by atoms with Crippen molar-refractivity contribution in [2.45, 2.75) is 31.2 Å². The molecule has 0 bridgehead atoms. The molecule has 8 heteroatoms. The highest BCUT2D eigenvalue weighted by Gasteiger charge is 2.27. The lowest BCUT2D eigenvalue weighted by Gasteiger charge is -2.11. The number of methoxy groups -OCH3 is 1. The van der Waals surface area contributed by atoms with Gasteiger partial charge in [0.05, 0.1) is 23.6 Å². The van der Waals surface area contributed by atoms with Gasteiger partial charge in [0.1, 0.15) is 6.33 Å². The molecule has 3 rings (SSSR count). The first kappa shape index (κ1) is 18.9. The molecule has 7 nitrogen and oxygen atoms in total. The van der Waals surface area contributed by atoms with E-state index < -0.39 is 11.2 Å². The minimum absolute atomic E-state index is 0.113. The van der Waals surface area contributed by atoms with Gasteiger partial charge in [0.15, 0.2) is 10.9 Å². The summed E-state index contributed by atoms with van der Waals surface area (Å²) in [5, 5.41) is 8.30. The van der Waals surface area contributed by atoms with Crippen LogP contribution in [0, 0.1) is 13.8 Å². The van der Waals surface area contributed by atoms with Crippen LogP contribution in [-0.2, 0) is 4.74 Å². The summed E-state index contributed by atoms with van der Waals surface area (Å²) >= 11 is 1.32. The molecule has 27 heavy (non-hydrogen) atoms. The number of para-hydroxylation sites is 1. The number of carbonyl (C=O) groups is 2. The van der Waals surface area contributed by atoms with E-state index in [2.05, 4.69) is 15.2 Å². The van der Waals surface area contributed by atoms with Gasteiger partial charge in [-0.05, 0) is 38.5 Å². The molecule has 1 aromatic carbocycles. The number of thioether (sulfide) groups is 1. The molecule has 3 aromatic rings. The maximum atomic E-state index is 13.0. The van der Waals surface area contributed by atoms with Crippen LogP contribution in [0.3, 0.4) is 0 Å².